The molecule has 0 aromatic heterocycles. The molecule has 0 radical (unpaired) electrons. The molecule has 1 aliphatic heterocycles. The van der Waals surface area contributed by atoms with Crippen LogP contribution < -0.4 is 5.32 Å². The minimum absolute atomic E-state index is 0.354. The Morgan fingerprint density at radius 3 is 2.50 bits per heavy atom. The Morgan fingerprint density at radius 2 is 1.95 bits per heavy atom. The molecular formula is C17H34N2O. The SMILES string of the molecule is CC(C)COCCN1CC(C(C)C)NCC1(C)C1CC1. The van der Waals surface area contributed by atoms with Gasteiger partial charge in [-0.2, -0.15) is 0 Å². The highest BCUT2D eigenvalue weighted by Crippen LogP contribution is 2.44. The molecule has 1 saturated carbocycles. The van der Waals surface area contributed by atoms with E-state index in [1.165, 1.54) is 19.4 Å². The fourth-order valence-electron chi connectivity index (χ4n) is 3.35. The Bertz CT molecular complexity index is 301. The van der Waals surface area contributed by atoms with Gasteiger partial charge in [0.05, 0.1) is 6.61 Å². The van der Waals surface area contributed by atoms with E-state index in [-0.39, 0.29) is 0 Å². The number of hydrogen-bond donors (Lipinski definition) is 1. The number of hydrogen-bond acceptors (Lipinski definition) is 3. The summed E-state index contributed by atoms with van der Waals surface area (Å²) in [5.74, 6) is 2.24. The van der Waals surface area contributed by atoms with E-state index in [1.807, 2.05) is 0 Å². The highest BCUT2D eigenvalue weighted by Gasteiger charge is 2.48. The second-order valence-electron chi connectivity index (χ2n) is 7.78. The Morgan fingerprint density at radius 1 is 1.25 bits per heavy atom. The molecule has 3 nitrogen and oxygen atoms in total. The Kier molecular flexibility index (Phi) is 5.49. The first kappa shape index (κ1) is 16.3. The van der Waals surface area contributed by atoms with E-state index in [9.17, 15) is 0 Å². The molecule has 2 fully saturated rings. The van der Waals surface area contributed by atoms with Crippen LogP contribution >= 0.6 is 0 Å². The number of nitrogens with one attached hydrogen (secondary N) is 1. The number of nitrogens with zero attached hydrogens (tertiary/aromatic N) is 1. The standard InChI is InChI=1S/C17H34N2O/c1-13(2)11-20-9-8-19-10-16(14(3)4)18-12-17(19,5)15-6-7-15/h13-16,18H,6-12H2,1-5H3. The lowest BCUT2D eigenvalue weighted by molar-refractivity contribution is -0.00297. The first-order valence-corrected chi connectivity index (χ1v) is 8.49. The van der Waals surface area contributed by atoms with Crippen molar-refractivity contribution in [1.82, 2.24) is 10.2 Å². The van der Waals surface area contributed by atoms with Crippen molar-refractivity contribution in [3.05, 3.63) is 0 Å². The van der Waals surface area contributed by atoms with Crippen LogP contribution in [0.15, 0.2) is 0 Å². The minimum atomic E-state index is 0.354. The van der Waals surface area contributed by atoms with Crippen molar-refractivity contribution in [3.63, 3.8) is 0 Å². The van der Waals surface area contributed by atoms with Gasteiger partial charge in [0, 0.05) is 37.8 Å². The Hall–Kier alpha value is -0.120. The first-order valence-electron chi connectivity index (χ1n) is 8.49. The molecule has 2 rings (SSSR count). The highest BCUT2D eigenvalue weighted by molar-refractivity contribution is 5.05. The average molecular weight is 282 g/mol. The summed E-state index contributed by atoms with van der Waals surface area (Å²) in [6.07, 6.45) is 2.82. The lowest BCUT2D eigenvalue weighted by Crippen LogP contribution is -2.65. The zero-order valence-corrected chi connectivity index (χ0v) is 14.1. The molecule has 1 saturated heterocycles. The molecule has 20 heavy (non-hydrogen) atoms. The molecule has 2 aliphatic rings. The average Bonchev–Trinajstić information content (AvgIpc) is 3.20. The first-order chi connectivity index (χ1) is 9.43. The molecule has 0 aromatic rings. The van der Waals surface area contributed by atoms with Crippen molar-refractivity contribution < 1.29 is 4.74 Å². The van der Waals surface area contributed by atoms with Crippen LogP contribution in [0, 0.1) is 17.8 Å². The zero-order valence-electron chi connectivity index (χ0n) is 14.1. The summed E-state index contributed by atoms with van der Waals surface area (Å²) in [7, 11) is 0. The molecule has 1 aliphatic carbocycles. The van der Waals surface area contributed by atoms with Crippen LogP contribution in [0.25, 0.3) is 0 Å². The van der Waals surface area contributed by atoms with Gasteiger partial charge in [0.25, 0.3) is 0 Å². The molecule has 3 heteroatoms. The van der Waals surface area contributed by atoms with Gasteiger partial charge in [0.15, 0.2) is 0 Å². The molecule has 2 unspecified atom stereocenters. The second-order valence-corrected chi connectivity index (χ2v) is 7.78. The van der Waals surface area contributed by atoms with Gasteiger partial charge in [0.2, 0.25) is 0 Å². The van der Waals surface area contributed by atoms with Crippen molar-refractivity contribution in [2.75, 3.05) is 32.8 Å². The number of piperazine rings is 1. The highest BCUT2D eigenvalue weighted by atomic mass is 16.5. The van der Waals surface area contributed by atoms with Crippen molar-refractivity contribution in [2.45, 2.75) is 59.0 Å². The van der Waals surface area contributed by atoms with Gasteiger partial charge in [-0.3, -0.25) is 4.90 Å². The van der Waals surface area contributed by atoms with E-state index in [0.717, 1.165) is 32.2 Å². The predicted octanol–water partition coefficient (Wildman–Crippen LogP) is 2.76. The monoisotopic (exact) mass is 282 g/mol. The molecular weight excluding hydrogens is 248 g/mol. The summed E-state index contributed by atoms with van der Waals surface area (Å²) in [6, 6.07) is 0.631. The van der Waals surface area contributed by atoms with Gasteiger partial charge < -0.3 is 10.1 Å². The molecule has 1 heterocycles. The summed E-state index contributed by atoms with van der Waals surface area (Å²) in [6.45, 7) is 16.7. The largest absolute Gasteiger partial charge is 0.380 e. The van der Waals surface area contributed by atoms with Crippen LogP contribution in [0.4, 0.5) is 0 Å². The van der Waals surface area contributed by atoms with E-state index in [2.05, 4.69) is 44.8 Å². The Labute approximate surface area is 125 Å². The Balaban J connectivity index is 1.88. The zero-order chi connectivity index (χ0) is 14.8. The quantitative estimate of drug-likeness (QED) is 0.727. The van der Waals surface area contributed by atoms with Crippen LogP contribution in [0.1, 0.15) is 47.5 Å². The fraction of sp³-hybridized carbons (Fsp3) is 1.00. The van der Waals surface area contributed by atoms with Gasteiger partial charge in [-0.05, 0) is 37.5 Å². The summed E-state index contributed by atoms with van der Waals surface area (Å²) < 4.78 is 5.82. The van der Waals surface area contributed by atoms with Crippen molar-refractivity contribution >= 4 is 0 Å². The molecule has 0 aromatic carbocycles. The van der Waals surface area contributed by atoms with Crippen molar-refractivity contribution in [3.8, 4) is 0 Å². The molecule has 1 N–H and O–H groups in total. The van der Waals surface area contributed by atoms with Crippen LogP contribution in [0.5, 0.6) is 0 Å². The fourth-order valence-corrected chi connectivity index (χ4v) is 3.35. The van der Waals surface area contributed by atoms with E-state index in [1.54, 1.807) is 0 Å². The molecule has 0 bridgehead atoms. The van der Waals surface area contributed by atoms with Crippen molar-refractivity contribution in [2.24, 2.45) is 17.8 Å². The van der Waals surface area contributed by atoms with Gasteiger partial charge >= 0.3 is 0 Å². The van der Waals surface area contributed by atoms with Gasteiger partial charge in [-0.25, -0.2) is 0 Å². The third-order valence-electron chi connectivity index (χ3n) is 5.08. The van der Waals surface area contributed by atoms with E-state index in [4.69, 9.17) is 4.74 Å². The van der Waals surface area contributed by atoms with Crippen LogP contribution in [-0.4, -0.2) is 49.3 Å². The maximum Gasteiger partial charge on any atom is 0.0593 e. The van der Waals surface area contributed by atoms with Gasteiger partial charge in [-0.15, -0.1) is 0 Å². The minimum Gasteiger partial charge on any atom is -0.380 e. The van der Waals surface area contributed by atoms with E-state index in [0.29, 0.717) is 23.4 Å². The summed E-state index contributed by atoms with van der Waals surface area (Å²) in [4.78, 5) is 2.71. The molecule has 118 valence electrons. The maximum absolute atomic E-state index is 5.82. The van der Waals surface area contributed by atoms with Gasteiger partial charge in [-0.1, -0.05) is 27.7 Å². The number of ether oxygens (including phenoxy) is 1. The normalized spacial score (nSPS) is 32.2. The lowest BCUT2D eigenvalue weighted by Gasteiger charge is -2.49. The second kappa shape index (κ2) is 6.76. The maximum atomic E-state index is 5.82. The lowest BCUT2D eigenvalue weighted by atomic mass is 9.87. The third kappa shape index (κ3) is 3.96. The molecule has 2 atom stereocenters. The topological polar surface area (TPSA) is 24.5 Å². The number of rotatable bonds is 7. The summed E-state index contributed by atoms with van der Waals surface area (Å²) in [5.41, 5.74) is 0.354. The molecule has 0 amide bonds. The van der Waals surface area contributed by atoms with E-state index < -0.39 is 0 Å². The van der Waals surface area contributed by atoms with Crippen LogP contribution in [-0.2, 0) is 4.74 Å². The van der Waals surface area contributed by atoms with Crippen molar-refractivity contribution in [1.29, 1.82) is 0 Å². The van der Waals surface area contributed by atoms with Crippen LogP contribution in [0.3, 0.4) is 0 Å². The summed E-state index contributed by atoms with van der Waals surface area (Å²) >= 11 is 0. The summed E-state index contributed by atoms with van der Waals surface area (Å²) in [5, 5.41) is 3.79. The molecule has 0 spiro atoms. The third-order valence-corrected chi connectivity index (χ3v) is 5.08. The predicted molar refractivity (Wildman–Crippen MR) is 85.0 cm³/mol. The smallest absolute Gasteiger partial charge is 0.0593 e. The van der Waals surface area contributed by atoms with Gasteiger partial charge in [0.1, 0.15) is 0 Å². The van der Waals surface area contributed by atoms with Crippen LogP contribution in [0.2, 0.25) is 0 Å². The van der Waals surface area contributed by atoms with E-state index >= 15 is 0 Å².